The monoisotopic (exact) mass is 217 g/mol. The Labute approximate surface area is 99.0 Å². The van der Waals surface area contributed by atoms with Crippen LogP contribution < -0.4 is 0 Å². The van der Waals surface area contributed by atoms with Crippen LogP contribution in [0.25, 0.3) is 33.0 Å². The van der Waals surface area contributed by atoms with Crippen molar-refractivity contribution in [1.29, 1.82) is 0 Å². The van der Waals surface area contributed by atoms with Gasteiger partial charge < -0.3 is 0 Å². The van der Waals surface area contributed by atoms with Crippen molar-refractivity contribution in [3.05, 3.63) is 54.6 Å². The molecule has 4 rings (SSSR count). The van der Waals surface area contributed by atoms with Gasteiger partial charge in [-0.2, -0.15) is 0 Å². The van der Waals surface area contributed by atoms with Crippen LogP contribution in [0.15, 0.2) is 54.6 Å². The third kappa shape index (κ3) is 0.986. The van der Waals surface area contributed by atoms with E-state index in [9.17, 15) is 5.11 Å². The number of hydrogen-bond donors (Lipinski definition) is 0. The Kier molecular flexibility index (Phi) is 1.50. The Morgan fingerprint density at radius 1 is 0.647 bits per heavy atom. The zero-order valence-electron chi connectivity index (χ0n) is 9.10. The molecule has 0 saturated heterocycles. The van der Waals surface area contributed by atoms with Crippen LogP contribution in [0.1, 0.15) is 0 Å². The van der Waals surface area contributed by atoms with Crippen molar-refractivity contribution in [3.63, 3.8) is 0 Å². The lowest BCUT2D eigenvalue weighted by Gasteiger charge is -2.02. The topological polar surface area (TPSA) is 19.9 Å². The third-order valence-electron chi connectivity index (χ3n) is 3.49. The van der Waals surface area contributed by atoms with Gasteiger partial charge in [0.25, 0.3) is 0 Å². The van der Waals surface area contributed by atoms with Crippen LogP contribution in [0.3, 0.4) is 0 Å². The van der Waals surface area contributed by atoms with Crippen molar-refractivity contribution in [2.45, 2.75) is 0 Å². The van der Waals surface area contributed by atoms with Gasteiger partial charge in [-0.25, -0.2) is 0 Å². The Morgan fingerprint density at radius 2 is 1.41 bits per heavy atom. The number of benzene rings is 3. The van der Waals surface area contributed by atoms with Crippen LogP contribution >= 0.6 is 0 Å². The number of fused-ring (bicyclic) bond motifs is 3. The molecule has 0 amide bonds. The molecule has 1 heteroatoms. The Balaban J connectivity index is 2.33. The maximum Gasteiger partial charge on any atom is 0.187 e. The molecule has 0 aromatic heterocycles. The number of hydrogen-bond acceptors (Lipinski definition) is 0. The van der Waals surface area contributed by atoms with E-state index in [4.69, 9.17) is 0 Å². The molecule has 17 heavy (non-hydrogen) atoms. The second kappa shape index (κ2) is 2.89. The molecular formula is C16H9O. The quantitative estimate of drug-likeness (QED) is 0.409. The average molecular weight is 217 g/mol. The molecule has 1 radical (unpaired) electrons. The SMILES string of the molecule is [O]c1ccc2cccc3c2c1-c1ccccc1-3. The molecule has 1 aliphatic rings. The number of rotatable bonds is 0. The van der Waals surface area contributed by atoms with E-state index in [1.54, 1.807) is 6.07 Å². The first kappa shape index (κ1) is 8.82. The fraction of sp³-hybridized carbons (Fsp3) is 0. The van der Waals surface area contributed by atoms with Crippen molar-refractivity contribution >= 4 is 10.8 Å². The molecule has 0 spiro atoms. The summed E-state index contributed by atoms with van der Waals surface area (Å²) in [6.07, 6.45) is 0. The maximum absolute atomic E-state index is 12.1. The van der Waals surface area contributed by atoms with Gasteiger partial charge in [-0.05, 0) is 28.1 Å². The third-order valence-corrected chi connectivity index (χ3v) is 3.49. The van der Waals surface area contributed by atoms with Crippen LogP contribution in [0, 0.1) is 0 Å². The van der Waals surface area contributed by atoms with Gasteiger partial charge in [0.1, 0.15) is 0 Å². The van der Waals surface area contributed by atoms with Crippen LogP contribution in [0.2, 0.25) is 0 Å². The van der Waals surface area contributed by atoms with Crippen molar-refractivity contribution < 1.29 is 5.11 Å². The molecule has 0 bridgehead atoms. The zero-order chi connectivity index (χ0) is 11.4. The summed E-state index contributed by atoms with van der Waals surface area (Å²) in [6.45, 7) is 0. The molecule has 3 aromatic rings. The molecular weight excluding hydrogens is 208 g/mol. The molecule has 0 fully saturated rings. The normalized spacial score (nSPS) is 11.8. The highest BCUT2D eigenvalue weighted by atomic mass is 16.3. The lowest BCUT2D eigenvalue weighted by atomic mass is 10.0. The van der Waals surface area contributed by atoms with Gasteiger partial charge in [0, 0.05) is 10.9 Å². The Morgan fingerprint density at radius 3 is 2.29 bits per heavy atom. The Hall–Kier alpha value is -2.28. The molecule has 1 nitrogen and oxygen atoms in total. The first-order valence-corrected chi connectivity index (χ1v) is 5.69. The van der Waals surface area contributed by atoms with E-state index in [1.165, 1.54) is 11.1 Å². The highest BCUT2D eigenvalue weighted by Crippen LogP contribution is 2.50. The molecule has 0 N–H and O–H groups in total. The van der Waals surface area contributed by atoms with Gasteiger partial charge in [0.15, 0.2) is 5.75 Å². The molecule has 79 valence electrons. The van der Waals surface area contributed by atoms with Crippen LogP contribution in [-0.4, -0.2) is 0 Å². The maximum atomic E-state index is 12.1. The van der Waals surface area contributed by atoms with E-state index in [1.807, 2.05) is 30.3 Å². The summed E-state index contributed by atoms with van der Waals surface area (Å²) in [7, 11) is 0. The smallest absolute Gasteiger partial charge is 0.187 e. The summed E-state index contributed by atoms with van der Waals surface area (Å²) in [5.74, 6) is 0.120. The van der Waals surface area contributed by atoms with Gasteiger partial charge in [-0.1, -0.05) is 48.5 Å². The minimum Gasteiger partial charge on any atom is -0.289 e. The van der Waals surface area contributed by atoms with Gasteiger partial charge in [-0.15, -0.1) is 0 Å². The first-order chi connectivity index (χ1) is 8.36. The highest BCUT2D eigenvalue weighted by molar-refractivity contribution is 6.16. The van der Waals surface area contributed by atoms with E-state index in [2.05, 4.69) is 18.2 Å². The van der Waals surface area contributed by atoms with Crippen molar-refractivity contribution in [1.82, 2.24) is 0 Å². The predicted octanol–water partition coefficient (Wildman–Crippen LogP) is 4.63. The van der Waals surface area contributed by atoms with Crippen LogP contribution in [0.4, 0.5) is 0 Å². The standard InChI is InChI=1S/C16H9O/c17-14-9-8-10-4-3-7-12-11-5-1-2-6-13(11)16(14)15(10)12/h1-9H. The van der Waals surface area contributed by atoms with E-state index >= 15 is 0 Å². The fourth-order valence-electron chi connectivity index (χ4n) is 2.79. The predicted molar refractivity (Wildman–Crippen MR) is 68.5 cm³/mol. The molecule has 0 aliphatic heterocycles. The minimum absolute atomic E-state index is 0.120. The molecule has 3 aromatic carbocycles. The summed E-state index contributed by atoms with van der Waals surface area (Å²) in [6, 6.07) is 17.9. The van der Waals surface area contributed by atoms with E-state index in [0.717, 1.165) is 21.9 Å². The highest BCUT2D eigenvalue weighted by Gasteiger charge is 2.23. The van der Waals surface area contributed by atoms with Crippen LogP contribution in [0.5, 0.6) is 5.75 Å². The molecule has 0 heterocycles. The summed E-state index contributed by atoms with van der Waals surface area (Å²) in [5.41, 5.74) is 4.31. The molecule has 1 aliphatic carbocycles. The molecule has 0 unspecified atom stereocenters. The van der Waals surface area contributed by atoms with Crippen molar-refractivity contribution in [3.8, 4) is 28.0 Å². The van der Waals surface area contributed by atoms with Crippen molar-refractivity contribution in [2.24, 2.45) is 0 Å². The average Bonchev–Trinajstić information content (AvgIpc) is 2.71. The van der Waals surface area contributed by atoms with Gasteiger partial charge in [0.2, 0.25) is 0 Å². The fourth-order valence-corrected chi connectivity index (χ4v) is 2.79. The van der Waals surface area contributed by atoms with Gasteiger partial charge >= 0.3 is 0 Å². The van der Waals surface area contributed by atoms with Crippen LogP contribution in [-0.2, 0) is 5.11 Å². The van der Waals surface area contributed by atoms with E-state index in [-0.39, 0.29) is 5.75 Å². The second-order valence-corrected chi connectivity index (χ2v) is 4.39. The second-order valence-electron chi connectivity index (χ2n) is 4.39. The lowest BCUT2D eigenvalue weighted by molar-refractivity contribution is 0.357. The van der Waals surface area contributed by atoms with Gasteiger partial charge in [0.05, 0.1) is 0 Å². The van der Waals surface area contributed by atoms with E-state index in [0.29, 0.717) is 0 Å². The van der Waals surface area contributed by atoms with Gasteiger partial charge in [-0.3, -0.25) is 5.11 Å². The zero-order valence-corrected chi connectivity index (χ0v) is 9.10. The summed E-state index contributed by atoms with van der Waals surface area (Å²) in [4.78, 5) is 0. The summed E-state index contributed by atoms with van der Waals surface area (Å²) in [5, 5.41) is 14.3. The van der Waals surface area contributed by atoms with E-state index < -0.39 is 0 Å². The molecule has 0 saturated carbocycles. The Bertz CT molecular complexity index is 757. The van der Waals surface area contributed by atoms with Crippen molar-refractivity contribution in [2.75, 3.05) is 0 Å². The minimum atomic E-state index is 0.120. The first-order valence-electron chi connectivity index (χ1n) is 5.69. The summed E-state index contributed by atoms with van der Waals surface area (Å²) >= 11 is 0. The molecule has 0 atom stereocenters. The largest absolute Gasteiger partial charge is 0.289 e. The summed E-state index contributed by atoms with van der Waals surface area (Å²) < 4.78 is 0. The lowest BCUT2D eigenvalue weighted by Crippen LogP contribution is -1.75.